The van der Waals surface area contributed by atoms with E-state index in [9.17, 15) is 0 Å². The van der Waals surface area contributed by atoms with Gasteiger partial charge in [0.15, 0.2) is 11.5 Å². The fourth-order valence-corrected chi connectivity index (χ4v) is 1.90. The number of nitrogens with zero attached hydrogens (tertiary/aromatic N) is 4. The Balaban J connectivity index is 2.27. The van der Waals surface area contributed by atoms with Crippen molar-refractivity contribution in [3.63, 3.8) is 0 Å². The van der Waals surface area contributed by atoms with Gasteiger partial charge in [0.25, 0.3) is 0 Å². The highest BCUT2D eigenvalue weighted by Gasteiger charge is 2.13. The maximum absolute atomic E-state index is 5.34. The van der Waals surface area contributed by atoms with Crippen LogP contribution in [0.25, 0.3) is 0 Å². The van der Waals surface area contributed by atoms with Crippen LogP contribution in [0.4, 0.5) is 0 Å². The molecule has 0 bridgehead atoms. The maximum Gasteiger partial charge on any atom is 0.184 e. The van der Waals surface area contributed by atoms with E-state index in [4.69, 9.17) is 9.47 Å². The zero-order chi connectivity index (χ0) is 13.8. The van der Waals surface area contributed by atoms with Crippen LogP contribution in [0.3, 0.4) is 0 Å². The lowest BCUT2D eigenvalue weighted by molar-refractivity contribution is 0.348. The topological polar surface area (TPSA) is 62.1 Å². The van der Waals surface area contributed by atoms with Crippen molar-refractivity contribution >= 4 is 15.9 Å². The molecule has 0 fully saturated rings. The second kappa shape index (κ2) is 6.01. The maximum atomic E-state index is 5.34. The van der Waals surface area contributed by atoms with Crippen molar-refractivity contribution < 1.29 is 9.47 Å². The summed E-state index contributed by atoms with van der Waals surface area (Å²) in [4.78, 5) is 4.47. The van der Waals surface area contributed by atoms with Gasteiger partial charge in [0, 0.05) is 12.3 Å². The van der Waals surface area contributed by atoms with E-state index in [1.807, 2.05) is 13.1 Å². The Morgan fingerprint density at radius 1 is 1.37 bits per heavy atom. The minimum atomic E-state index is 0.168. The quantitative estimate of drug-likeness (QED) is 0.788. The predicted molar refractivity (Wildman–Crippen MR) is 73.8 cm³/mol. The highest BCUT2D eigenvalue weighted by molar-refractivity contribution is 9.09. The Kier molecular flexibility index (Phi) is 4.36. The van der Waals surface area contributed by atoms with E-state index in [2.05, 4.69) is 31.2 Å². The summed E-state index contributed by atoms with van der Waals surface area (Å²) in [6, 6.07) is 1.76. The Bertz CT molecular complexity index is 556. The van der Waals surface area contributed by atoms with Crippen molar-refractivity contribution in [2.45, 2.75) is 18.3 Å². The minimum Gasteiger partial charge on any atom is -0.493 e. The number of methoxy groups -OCH3 is 2. The lowest BCUT2D eigenvalue weighted by Gasteiger charge is -2.11. The van der Waals surface area contributed by atoms with Crippen molar-refractivity contribution in [1.82, 2.24) is 20.0 Å². The third kappa shape index (κ3) is 3.04. The lowest BCUT2D eigenvalue weighted by Crippen LogP contribution is -2.05. The number of hydrogen-bond acceptors (Lipinski definition) is 5. The lowest BCUT2D eigenvalue weighted by atomic mass is 10.3. The van der Waals surface area contributed by atoms with Gasteiger partial charge in [-0.25, -0.2) is 4.68 Å². The molecule has 0 aliphatic heterocycles. The van der Waals surface area contributed by atoms with Gasteiger partial charge >= 0.3 is 0 Å². The summed E-state index contributed by atoms with van der Waals surface area (Å²) in [5, 5.41) is 8.14. The zero-order valence-corrected chi connectivity index (χ0v) is 12.6. The van der Waals surface area contributed by atoms with Crippen LogP contribution in [0.1, 0.15) is 23.1 Å². The van der Waals surface area contributed by atoms with Gasteiger partial charge in [0.1, 0.15) is 5.69 Å². The number of rotatable bonds is 5. The van der Waals surface area contributed by atoms with E-state index < -0.39 is 0 Å². The van der Waals surface area contributed by atoms with Gasteiger partial charge < -0.3 is 9.47 Å². The van der Waals surface area contributed by atoms with Crippen molar-refractivity contribution in [2.75, 3.05) is 14.2 Å². The molecular formula is C12H15BrN4O2. The van der Waals surface area contributed by atoms with E-state index in [0.717, 1.165) is 11.4 Å². The molecule has 2 heterocycles. The molecule has 1 unspecified atom stereocenters. The third-order valence-corrected chi connectivity index (χ3v) is 3.11. The minimum absolute atomic E-state index is 0.168. The number of pyridine rings is 1. The zero-order valence-electron chi connectivity index (χ0n) is 11.0. The molecule has 0 N–H and O–H groups in total. The van der Waals surface area contributed by atoms with Crippen molar-refractivity contribution in [1.29, 1.82) is 0 Å². The molecule has 0 aliphatic carbocycles. The first-order valence-corrected chi connectivity index (χ1v) is 6.67. The van der Waals surface area contributed by atoms with Crippen LogP contribution in [-0.4, -0.2) is 34.2 Å². The number of alkyl halides is 1. The Labute approximate surface area is 119 Å². The molecule has 0 amide bonds. The molecule has 0 saturated carbocycles. The molecule has 0 spiro atoms. The van der Waals surface area contributed by atoms with Crippen molar-refractivity contribution in [2.24, 2.45) is 0 Å². The average Bonchev–Trinajstić information content (AvgIpc) is 2.87. The molecule has 19 heavy (non-hydrogen) atoms. The smallest absolute Gasteiger partial charge is 0.184 e. The summed E-state index contributed by atoms with van der Waals surface area (Å²) in [5.74, 6) is 1.27. The normalized spacial score (nSPS) is 12.2. The third-order valence-electron chi connectivity index (χ3n) is 2.64. The molecule has 2 rings (SSSR count). The van der Waals surface area contributed by atoms with Gasteiger partial charge in [-0.2, -0.15) is 0 Å². The summed E-state index contributed by atoms with van der Waals surface area (Å²) in [7, 11) is 3.19. The van der Waals surface area contributed by atoms with Gasteiger partial charge in [-0.1, -0.05) is 21.1 Å². The first-order valence-electron chi connectivity index (χ1n) is 5.75. The number of aromatic nitrogens is 4. The molecule has 1 atom stereocenters. The molecule has 0 saturated heterocycles. The summed E-state index contributed by atoms with van der Waals surface area (Å²) in [6.45, 7) is 2.48. The van der Waals surface area contributed by atoms with Crippen LogP contribution < -0.4 is 9.47 Å². The van der Waals surface area contributed by atoms with Crippen LogP contribution in [0, 0.1) is 0 Å². The molecule has 0 aromatic carbocycles. The fraction of sp³-hybridized carbons (Fsp3) is 0.417. The standard InChI is InChI=1S/C12H15BrN4O2/c1-8(13)9-6-17(16-15-9)7-10-12(19-3)11(18-2)4-5-14-10/h4-6,8H,7H2,1-3H3. The Hall–Kier alpha value is -1.63. The van der Waals surface area contributed by atoms with Gasteiger partial charge in [-0.05, 0) is 6.92 Å². The Morgan fingerprint density at radius 2 is 2.16 bits per heavy atom. The first kappa shape index (κ1) is 13.8. The molecule has 7 heteroatoms. The van der Waals surface area contributed by atoms with Crippen LogP contribution in [-0.2, 0) is 6.54 Å². The second-order valence-electron chi connectivity index (χ2n) is 3.95. The monoisotopic (exact) mass is 326 g/mol. The average molecular weight is 327 g/mol. The summed E-state index contributed by atoms with van der Waals surface area (Å²) >= 11 is 3.46. The van der Waals surface area contributed by atoms with E-state index in [1.165, 1.54) is 0 Å². The number of ether oxygens (including phenoxy) is 2. The second-order valence-corrected chi connectivity index (χ2v) is 5.32. The van der Waals surface area contributed by atoms with Gasteiger partial charge in [0.05, 0.1) is 37.5 Å². The molecule has 0 aliphatic rings. The summed E-state index contributed by atoms with van der Waals surface area (Å²) in [5.41, 5.74) is 1.63. The largest absolute Gasteiger partial charge is 0.493 e. The van der Waals surface area contributed by atoms with Gasteiger partial charge in [-0.15, -0.1) is 5.10 Å². The highest BCUT2D eigenvalue weighted by atomic mass is 79.9. The predicted octanol–water partition coefficient (Wildman–Crippen LogP) is 2.19. The molecule has 0 radical (unpaired) electrons. The molecule has 6 nitrogen and oxygen atoms in total. The van der Waals surface area contributed by atoms with Crippen LogP contribution in [0.2, 0.25) is 0 Å². The SMILES string of the molecule is COc1ccnc(Cn2cc(C(C)Br)nn2)c1OC. The van der Waals surface area contributed by atoms with Crippen molar-refractivity contribution in [3.8, 4) is 11.5 Å². The van der Waals surface area contributed by atoms with Crippen LogP contribution >= 0.6 is 15.9 Å². The van der Waals surface area contributed by atoms with Crippen LogP contribution in [0.5, 0.6) is 11.5 Å². The van der Waals surface area contributed by atoms with Crippen molar-refractivity contribution in [3.05, 3.63) is 29.8 Å². The molecular weight excluding hydrogens is 312 g/mol. The van der Waals surface area contributed by atoms with Gasteiger partial charge in [-0.3, -0.25) is 4.98 Å². The van der Waals surface area contributed by atoms with Crippen LogP contribution in [0.15, 0.2) is 18.5 Å². The number of hydrogen-bond donors (Lipinski definition) is 0. The summed E-state index contributed by atoms with van der Waals surface area (Å²) in [6.07, 6.45) is 3.56. The molecule has 2 aromatic heterocycles. The highest BCUT2D eigenvalue weighted by Crippen LogP contribution is 2.29. The van der Waals surface area contributed by atoms with E-state index >= 15 is 0 Å². The molecule has 102 valence electrons. The van der Waals surface area contributed by atoms with E-state index in [0.29, 0.717) is 18.0 Å². The van der Waals surface area contributed by atoms with Gasteiger partial charge in [0.2, 0.25) is 0 Å². The van der Waals surface area contributed by atoms with E-state index in [-0.39, 0.29) is 4.83 Å². The fourth-order valence-electron chi connectivity index (χ4n) is 1.69. The van der Waals surface area contributed by atoms with E-state index in [1.54, 1.807) is 31.2 Å². The molecule has 2 aromatic rings. The number of halogens is 1. The Morgan fingerprint density at radius 3 is 2.74 bits per heavy atom. The summed E-state index contributed by atoms with van der Waals surface area (Å²) < 4.78 is 12.3. The first-order chi connectivity index (χ1) is 9.15.